The van der Waals surface area contributed by atoms with Crippen LogP contribution in [0.25, 0.3) is 0 Å². The standard InChI is InChI=1S/3Cr.Ni.3H2O/h;;;;3*1H2. The van der Waals surface area contributed by atoms with Gasteiger partial charge in [0.25, 0.3) is 0 Å². The van der Waals surface area contributed by atoms with E-state index in [0.717, 1.165) is 0 Å². The van der Waals surface area contributed by atoms with Gasteiger partial charge in [-0.15, -0.1) is 0 Å². The van der Waals surface area contributed by atoms with Gasteiger partial charge >= 0.3 is 0 Å². The quantitative estimate of drug-likeness (QED) is 0.435. The molecule has 0 aliphatic rings. The molecule has 0 heterocycles. The molecular weight excluding hydrogens is 263 g/mol. The molecule has 7 heavy (non-hydrogen) atoms. The fraction of sp³-hybridized carbons (Fsp3) is 0. The van der Waals surface area contributed by atoms with E-state index in [0.29, 0.717) is 0 Å². The van der Waals surface area contributed by atoms with Gasteiger partial charge in [-0.3, -0.25) is 0 Å². The molecule has 0 unspecified atom stereocenters. The van der Waals surface area contributed by atoms with Gasteiger partial charge < -0.3 is 16.4 Å². The van der Waals surface area contributed by atoms with E-state index in [1.54, 1.807) is 0 Å². The Kier molecular flexibility index (Phi) is 2090. The summed E-state index contributed by atoms with van der Waals surface area (Å²) >= 11 is 0. The smallest absolute Gasteiger partial charge is 0 e. The molecule has 0 saturated carbocycles. The molecule has 0 amide bonds. The van der Waals surface area contributed by atoms with Gasteiger partial charge in [0.1, 0.15) is 0 Å². The second-order valence-corrected chi connectivity index (χ2v) is 0. The summed E-state index contributed by atoms with van der Waals surface area (Å²) in [6, 6.07) is 0. The molecule has 0 aromatic heterocycles. The van der Waals surface area contributed by atoms with Crippen LogP contribution in [-0.4, -0.2) is 16.4 Å². The number of rotatable bonds is 0. The van der Waals surface area contributed by atoms with Crippen molar-refractivity contribution in [3.8, 4) is 0 Å². The molecule has 0 bridgehead atoms. The molecule has 0 saturated heterocycles. The third-order valence-electron chi connectivity index (χ3n) is 0. The second-order valence-electron chi connectivity index (χ2n) is 0. The van der Waals surface area contributed by atoms with Crippen molar-refractivity contribution in [1.82, 2.24) is 0 Å². The second kappa shape index (κ2) is 99.7. The summed E-state index contributed by atoms with van der Waals surface area (Å²) < 4.78 is 0. The molecule has 0 spiro atoms. The van der Waals surface area contributed by atoms with Crippen molar-refractivity contribution in [3.05, 3.63) is 0 Å². The third kappa shape index (κ3) is 73.2. The van der Waals surface area contributed by atoms with Crippen LogP contribution < -0.4 is 0 Å². The predicted molar refractivity (Wildman–Crippen MR) is 10.8 cm³/mol. The van der Waals surface area contributed by atoms with Crippen molar-refractivity contribution in [3.63, 3.8) is 0 Å². The average molecular weight is 269 g/mol. The molecule has 0 aromatic carbocycles. The van der Waals surface area contributed by atoms with Gasteiger partial charge in [-0.05, 0) is 0 Å². The van der Waals surface area contributed by atoms with E-state index in [1.165, 1.54) is 0 Å². The zero-order valence-electron chi connectivity index (χ0n) is 3.04. The molecular formula is H6Cr3NiO3. The topological polar surface area (TPSA) is 94.5 Å². The van der Waals surface area contributed by atoms with Crippen molar-refractivity contribution in [2.75, 3.05) is 0 Å². The molecule has 6 N–H and O–H groups in total. The van der Waals surface area contributed by atoms with Gasteiger partial charge in [0.2, 0.25) is 0 Å². The molecule has 0 fully saturated rings. The molecule has 52 valence electrons. The molecule has 0 rings (SSSR count). The monoisotopic (exact) mass is 268 g/mol. The first-order chi connectivity index (χ1) is 0. The van der Waals surface area contributed by atoms with Gasteiger partial charge in [-0.2, -0.15) is 0 Å². The van der Waals surface area contributed by atoms with Crippen molar-refractivity contribution in [2.45, 2.75) is 0 Å². The molecule has 0 atom stereocenters. The largest absolute Gasteiger partial charge is 0.412 e. The Hall–Kier alpha value is 1.97. The first kappa shape index (κ1) is 147. The van der Waals surface area contributed by atoms with Crippen LogP contribution in [0, 0.1) is 0 Å². The minimum absolute atomic E-state index is 0. The van der Waals surface area contributed by atoms with Crippen LogP contribution in [0.4, 0.5) is 0 Å². The molecule has 3 nitrogen and oxygen atoms in total. The van der Waals surface area contributed by atoms with Crippen LogP contribution in [0.1, 0.15) is 0 Å². The van der Waals surface area contributed by atoms with E-state index in [9.17, 15) is 0 Å². The van der Waals surface area contributed by atoms with Crippen LogP contribution in [0.3, 0.4) is 0 Å². The third-order valence-corrected chi connectivity index (χ3v) is 0. The van der Waals surface area contributed by atoms with Gasteiger partial charge in [0, 0.05) is 68.6 Å². The van der Waals surface area contributed by atoms with Crippen molar-refractivity contribution in [1.29, 1.82) is 0 Å². The SMILES string of the molecule is O.O.O.[Cr].[Cr].[Cr].[Ni]. The Bertz CT molecular complexity index is 10.1. The van der Waals surface area contributed by atoms with E-state index in [4.69, 9.17) is 0 Å². The predicted octanol–water partition coefficient (Wildman–Crippen LogP) is -2.48. The van der Waals surface area contributed by atoms with Gasteiger partial charge in [0.15, 0.2) is 0 Å². The number of hydrogen-bond acceptors (Lipinski definition) is 0. The Morgan fingerprint density at radius 2 is 0.429 bits per heavy atom. The molecule has 7 heteroatoms. The summed E-state index contributed by atoms with van der Waals surface area (Å²) in [6.07, 6.45) is 0. The van der Waals surface area contributed by atoms with Crippen molar-refractivity contribution >= 4 is 0 Å². The maximum atomic E-state index is 0. The zero-order chi connectivity index (χ0) is 0. The summed E-state index contributed by atoms with van der Waals surface area (Å²) in [5.74, 6) is 0. The van der Waals surface area contributed by atoms with Crippen LogP contribution in [0.2, 0.25) is 0 Å². The van der Waals surface area contributed by atoms with Gasteiger partial charge in [-0.1, -0.05) is 0 Å². The van der Waals surface area contributed by atoms with E-state index >= 15 is 0 Å². The summed E-state index contributed by atoms with van der Waals surface area (Å²) in [4.78, 5) is 0. The average Bonchev–Trinajstić information content (AvgIpc) is 0. The fourth-order valence-electron chi connectivity index (χ4n) is 0. The first-order valence-electron chi connectivity index (χ1n) is 0. The minimum atomic E-state index is 0. The van der Waals surface area contributed by atoms with Crippen molar-refractivity contribution < 1.29 is 85.0 Å². The van der Waals surface area contributed by atoms with Crippen molar-refractivity contribution in [2.24, 2.45) is 0 Å². The molecule has 0 aromatic rings. The van der Waals surface area contributed by atoms with E-state index in [-0.39, 0.29) is 85.0 Å². The summed E-state index contributed by atoms with van der Waals surface area (Å²) in [7, 11) is 0. The summed E-state index contributed by atoms with van der Waals surface area (Å²) in [6.45, 7) is 0. The molecule has 0 aliphatic heterocycles. The van der Waals surface area contributed by atoms with Crippen LogP contribution in [-0.2, 0) is 68.6 Å². The molecule has 0 aliphatic carbocycles. The molecule has 0 radical (unpaired) electrons. The van der Waals surface area contributed by atoms with Crippen LogP contribution in [0.5, 0.6) is 0 Å². The van der Waals surface area contributed by atoms with E-state index in [2.05, 4.69) is 0 Å². The normalized spacial score (nSPS) is 0. The minimum Gasteiger partial charge on any atom is -0.412 e. The Morgan fingerprint density at radius 1 is 0.429 bits per heavy atom. The maximum absolute atomic E-state index is 0. The van der Waals surface area contributed by atoms with Crippen LogP contribution in [0.15, 0.2) is 0 Å². The Labute approximate surface area is 84.5 Å². The van der Waals surface area contributed by atoms with E-state index < -0.39 is 0 Å². The summed E-state index contributed by atoms with van der Waals surface area (Å²) in [5, 5.41) is 0. The summed E-state index contributed by atoms with van der Waals surface area (Å²) in [5.41, 5.74) is 0. The van der Waals surface area contributed by atoms with Gasteiger partial charge in [-0.25, -0.2) is 0 Å². The van der Waals surface area contributed by atoms with E-state index in [1.807, 2.05) is 0 Å². The Balaban J connectivity index is 0. The maximum Gasteiger partial charge on any atom is 0 e. The number of hydrogen-bond donors (Lipinski definition) is 0. The fourth-order valence-corrected chi connectivity index (χ4v) is 0. The first-order valence-corrected chi connectivity index (χ1v) is 0. The zero-order valence-corrected chi connectivity index (χ0v) is 7.85. The Morgan fingerprint density at radius 3 is 0.429 bits per heavy atom. The van der Waals surface area contributed by atoms with Crippen LogP contribution >= 0.6 is 0 Å². The van der Waals surface area contributed by atoms with Gasteiger partial charge in [0.05, 0.1) is 0 Å².